The summed E-state index contributed by atoms with van der Waals surface area (Å²) in [5.74, 6) is -4.35. The van der Waals surface area contributed by atoms with Gasteiger partial charge < -0.3 is 19.5 Å². The molecule has 0 bridgehead atoms. The van der Waals surface area contributed by atoms with E-state index in [1.807, 2.05) is 0 Å². The highest BCUT2D eigenvalue weighted by Crippen LogP contribution is 2.22. The third-order valence-electron chi connectivity index (χ3n) is 3.39. The summed E-state index contributed by atoms with van der Waals surface area (Å²) in [5.41, 5.74) is 0.724. The van der Waals surface area contributed by atoms with Crippen LogP contribution in [0.15, 0.2) is 30.3 Å². The van der Waals surface area contributed by atoms with Gasteiger partial charge in [-0.05, 0) is 5.56 Å². The summed E-state index contributed by atoms with van der Waals surface area (Å²) in [5, 5.41) is 2.20. The minimum absolute atomic E-state index is 0.0450. The van der Waals surface area contributed by atoms with Crippen molar-refractivity contribution in [2.24, 2.45) is 0 Å². The van der Waals surface area contributed by atoms with Crippen LogP contribution >= 0.6 is 0 Å². The number of ether oxygens (including phenoxy) is 3. The van der Waals surface area contributed by atoms with E-state index >= 15 is 0 Å². The van der Waals surface area contributed by atoms with Crippen LogP contribution in [0, 0.1) is 0 Å². The number of amides is 3. The van der Waals surface area contributed by atoms with E-state index in [9.17, 15) is 24.0 Å². The lowest BCUT2D eigenvalue weighted by Crippen LogP contribution is -2.74. The number of likely N-dealkylation sites (tertiary alicyclic amines) is 1. The number of nitrogens with one attached hydrogen (secondary N) is 1. The average Bonchev–Trinajstić information content (AvgIpc) is 2.63. The first-order valence-corrected chi connectivity index (χ1v) is 7.45. The minimum Gasteiger partial charge on any atom is -0.462 e. The van der Waals surface area contributed by atoms with Crippen molar-refractivity contribution >= 4 is 29.8 Å². The topological polar surface area (TPSA) is 128 Å². The number of hydrogen-bond acceptors (Lipinski definition) is 8. The molecule has 26 heavy (non-hydrogen) atoms. The van der Waals surface area contributed by atoms with Gasteiger partial charge in [-0.3, -0.25) is 14.4 Å². The van der Waals surface area contributed by atoms with E-state index in [0.29, 0.717) is 4.90 Å². The number of β-lactam (4-membered cyclic amide) rings is 1. The smallest absolute Gasteiger partial charge is 0.408 e. The van der Waals surface area contributed by atoms with Crippen molar-refractivity contribution in [3.63, 3.8) is 0 Å². The predicted octanol–water partition coefficient (Wildman–Crippen LogP) is -0.288. The van der Waals surface area contributed by atoms with Crippen LogP contribution in [0.25, 0.3) is 0 Å². The van der Waals surface area contributed by atoms with Gasteiger partial charge in [0.05, 0.1) is 7.11 Å². The van der Waals surface area contributed by atoms with Crippen molar-refractivity contribution in [3.05, 3.63) is 35.9 Å². The number of methoxy groups -OCH3 is 1. The monoisotopic (exact) mass is 364 g/mol. The lowest BCUT2D eigenvalue weighted by atomic mass is 10.0. The Morgan fingerprint density at radius 1 is 1.15 bits per heavy atom. The third-order valence-corrected chi connectivity index (χ3v) is 3.39. The Morgan fingerprint density at radius 2 is 1.81 bits per heavy atom. The number of esters is 2. The van der Waals surface area contributed by atoms with Crippen LogP contribution in [0.5, 0.6) is 0 Å². The van der Waals surface area contributed by atoms with Crippen LogP contribution < -0.4 is 5.32 Å². The quantitative estimate of drug-likeness (QED) is 0.334. The van der Waals surface area contributed by atoms with Crippen LogP contribution in [0.1, 0.15) is 12.5 Å². The molecule has 1 aromatic carbocycles. The first-order chi connectivity index (χ1) is 12.3. The second-order valence-corrected chi connectivity index (χ2v) is 5.19. The molecule has 1 saturated heterocycles. The van der Waals surface area contributed by atoms with Crippen molar-refractivity contribution in [1.29, 1.82) is 0 Å². The summed E-state index contributed by atoms with van der Waals surface area (Å²) in [4.78, 5) is 58.6. The zero-order valence-corrected chi connectivity index (χ0v) is 14.0. The molecule has 1 aromatic rings. The fourth-order valence-electron chi connectivity index (χ4n) is 2.18. The number of hydrogen-bond donors (Lipinski definition) is 1. The summed E-state index contributed by atoms with van der Waals surface area (Å²) in [6.45, 7) is 1.00. The van der Waals surface area contributed by atoms with Gasteiger partial charge in [-0.15, -0.1) is 0 Å². The Labute approximate surface area is 148 Å². The Kier molecular flexibility index (Phi) is 5.89. The second-order valence-electron chi connectivity index (χ2n) is 5.19. The summed E-state index contributed by atoms with van der Waals surface area (Å²) in [6.07, 6.45) is -2.41. The van der Waals surface area contributed by atoms with E-state index in [0.717, 1.165) is 19.6 Å². The van der Waals surface area contributed by atoms with Gasteiger partial charge in [0.25, 0.3) is 5.91 Å². The number of rotatable bonds is 4. The molecule has 0 unspecified atom stereocenters. The molecular weight excluding hydrogens is 348 g/mol. The summed E-state index contributed by atoms with van der Waals surface area (Å²) in [6, 6.07) is 7.45. The average molecular weight is 364 g/mol. The van der Waals surface area contributed by atoms with Gasteiger partial charge in [0.15, 0.2) is 6.04 Å². The van der Waals surface area contributed by atoms with Gasteiger partial charge >= 0.3 is 23.9 Å². The van der Waals surface area contributed by atoms with Gasteiger partial charge in [-0.25, -0.2) is 14.5 Å². The Morgan fingerprint density at radius 3 is 2.38 bits per heavy atom. The van der Waals surface area contributed by atoms with Gasteiger partial charge in [0.2, 0.25) is 6.23 Å². The van der Waals surface area contributed by atoms with Crippen molar-refractivity contribution < 1.29 is 38.2 Å². The molecule has 0 spiro atoms. The molecule has 0 saturated carbocycles. The minimum atomic E-state index is -1.46. The van der Waals surface area contributed by atoms with Crippen molar-refractivity contribution in [1.82, 2.24) is 10.2 Å². The number of carbonyl (C=O) groups excluding carboxylic acids is 5. The Balaban J connectivity index is 1.99. The largest absolute Gasteiger partial charge is 0.462 e. The number of alkyl carbamates (subject to hydrolysis) is 1. The zero-order chi connectivity index (χ0) is 19.3. The molecule has 10 nitrogen and oxygen atoms in total. The fraction of sp³-hybridized carbons (Fsp3) is 0.312. The van der Waals surface area contributed by atoms with Gasteiger partial charge in [0.1, 0.15) is 6.61 Å². The molecule has 1 heterocycles. The summed E-state index contributed by atoms with van der Waals surface area (Å²) in [7, 11) is 0.960. The highest BCUT2D eigenvalue weighted by Gasteiger charge is 2.56. The van der Waals surface area contributed by atoms with E-state index in [1.165, 1.54) is 0 Å². The van der Waals surface area contributed by atoms with E-state index < -0.39 is 42.1 Å². The molecule has 3 amide bonds. The molecule has 2 atom stereocenters. The van der Waals surface area contributed by atoms with Gasteiger partial charge in [-0.1, -0.05) is 30.3 Å². The SMILES string of the molecule is COC(=O)C(=O)N1C(=O)[C@@H](NC(=O)OCc2ccccc2)[C@@H]1OC(C)=O. The second kappa shape index (κ2) is 8.10. The Bertz CT molecular complexity index is 733. The van der Waals surface area contributed by atoms with Crippen LogP contribution in [0.2, 0.25) is 0 Å². The zero-order valence-electron chi connectivity index (χ0n) is 14.0. The maximum absolute atomic E-state index is 12.1. The lowest BCUT2D eigenvalue weighted by molar-refractivity contribution is -0.196. The number of imide groups is 1. The number of nitrogens with zero attached hydrogens (tertiary/aromatic N) is 1. The standard InChI is InChI=1S/C16H16N2O8/c1-9(19)26-14-11(12(20)18(14)13(21)15(22)24-2)17-16(23)25-8-10-6-4-3-5-7-10/h3-7,11,14H,8H2,1-2H3,(H,17,23)/t11-,14+/m1/s1. The van der Waals surface area contributed by atoms with Crippen molar-refractivity contribution in [2.75, 3.05) is 7.11 Å². The molecule has 0 aliphatic carbocycles. The molecule has 0 aromatic heterocycles. The van der Waals surface area contributed by atoms with Crippen LogP contribution in [0.4, 0.5) is 4.79 Å². The molecule has 10 heteroatoms. The third kappa shape index (κ3) is 4.15. The Hall–Kier alpha value is -3.43. The highest BCUT2D eigenvalue weighted by atomic mass is 16.6. The molecular formula is C16H16N2O8. The lowest BCUT2D eigenvalue weighted by Gasteiger charge is -2.42. The number of carbonyl (C=O) groups is 5. The molecule has 1 fully saturated rings. The van der Waals surface area contributed by atoms with E-state index in [-0.39, 0.29) is 6.61 Å². The van der Waals surface area contributed by atoms with Crippen LogP contribution in [-0.4, -0.2) is 54.1 Å². The van der Waals surface area contributed by atoms with Gasteiger partial charge in [-0.2, -0.15) is 0 Å². The highest BCUT2D eigenvalue weighted by molar-refractivity contribution is 6.36. The van der Waals surface area contributed by atoms with Gasteiger partial charge in [0, 0.05) is 6.92 Å². The van der Waals surface area contributed by atoms with Crippen LogP contribution in [-0.2, 0) is 40.0 Å². The van der Waals surface area contributed by atoms with Crippen molar-refractivity contribution in [3.8, 4) is 0 Å². The maximum atomic E-state index is 12.1. The molecule has 138 valence electrons. The number of benzene rings is 1. The van der Waals surface area contributed by atoms with E-state index in [2.05, 4.69) is 10.1 Å². The summed E-state index contributed by atoms with van der Waals surface area (Å²) >= 11 is 0. The fourth-order valence-corrected chi connectivity index (χ4v) is 2.18. The molecule has 1 aliphatic heterocycles. The normalized spacial score (nSPS) is 18.4. The molecule has 1 N–H and O–H groups in total. The van der Waals surface area contributed by atoms with E-state index in [1.54, 1.807) is 30.3 Å². The first-order valence-electron chi connectivity index (χ1n) is 7.45. The van der Waals surface area contributed by atoms with Crippen molar-refractivity contribution in [2.45, 2.75) is 25.8 Å². The maximum Gasteiger partial charge on any atom is 0.408 e. The summed E-state index contributed by atoms with van der Waals surface area (Å²) < 4.78 is 14.0. The van der Waals surface area contributed by atoms with Crippen LogP contribution in [0.3, 0.4) is 0 Å². The predicted molar refractivity (Wildman–Crippen MR) is 83.0 cm³/mol. The molecule has 0 radical (unpaired) electrons. The molecule has 2 rings (SSSR count). The first kappa shape index (κ1) is 18.9. The molecule has 1 aliphatic rings. The van der Waals surface area contributed by atoms with E-state index in [4.69, 9.17) is 9.47 Å².